The molecule has 0 N–H and O–H groups in total. The number of amides is 1. The zero-order chi connectivity index (χ0) is 27.0. The van der Waals surface area contributed by atoms with Crippen LogP contribution < -0.4 is 9.80 Å². The van der Waals surface area contributed by atoms with Gasteiger partial charge < -0.3 is 14.7 Å². The number of carbonyl (C=O) groups is 1. The predicted octanol–water partition coefficient (Wildman–Crippen LogP) is 5.66. The summed E-state index contributed by atoms with van der Waals surface area (Å²) in [5, 5.41) is 0. The van der Waals surface area contributed by atoms with E-state index >= 15 is 0 Å². The van der Waals surface area contributed by atoms with Crippen molar-refractivity contribution in [2.75, 3.05) is 36.0 Å². The van der Waals surface area contributed by atoms with Gasteiger partial charge in [0.1, 0.15) is 12.5 Å². The first-order valence-corrected chi connectivity index (χ1v) is 13.7. The number of nitrogens with zero attached hydrogens (tertiary/aromatic N) is 5. The van der Waals surface area contributed by atoms with E-state index in [-0.39, 0.29) is 11.9 Å². The van der Waals surface area contributed by atoms with E-state index in [1.165, 1.54) is 16.8 Å². The molecule has 0 aliphatic carbocycles. The standard InChI is InChI=1S/C31H38FN5O/c1-20(2)24-11-10-21(3)29(16-24)36-13-12-28-27(19-36)31(37-15-14-35(23(5)38)18-22(37)4)34-30(33-28)26-9-7-6-8-25(26)17-32/h6-11,16,20,22H,12-15,17-19H2,1-5H3/t22-/m1/s1. The van der Waals surface area contributed by atoms with E-state index in [2.05, 4.69) is 55.7 Å². The fourth-order valence-corrected chi connectivity index (χ4v) is 5.70. The lowest BCUT2D eigenvalue weighted by Gasteiger charge is -2.42. The molecule has 6 nitrogen and oxygen atoms in total. The van der Waals surface area contributed by atoms with E-state index in [1.54, 1.807) is 13.0 Å². The summed E-state index contributed by atoms with van der Waals surface area (Å²) in [5.41, 5.74) is 7.37. The Morgan fingerprint density at radius 3 is 2.61 bits per heavy atom. The average molecular weight is 516 g/mol. The van der Waals surface area contributed by atoms with Gasteiger partial charge in [0.05, 0.1) is 5.69 Å². The number of hydrogen-bond acceptors (Lipinski definition) is 5. The number of fused-ring (bicyclic) bond motifs is 1. The van der Waals surface area contributed by atoms with Crippen LogP contribution in [0.1, 0.15) is 61.6 Å². The Bertz CT molecular complexity index is 1340. The first kappa shape index (κ1) is 26.1. The van der Waals surface area contributed by atoms with Crippen molar-refractivity contribution in [1.29, 1.82) is 0 Å². The van der Waals surface area contributed by atoms with Crippen LogP contribution in [0.2, 0.25) is 0 Å². The fourth-order valence-electron chi connectivity index (χ4n) is 5.70. The van der Waals surface area contributed by atoms with Crippen LogP contribution >= 0.6 is 0 Å². The number of halogens is 1. The number of rotatable bonds is 5. The Labute approximate surface area is 225 Å². The molecule has 1 amide bonds. The van der Waals surface area contributed by atoms with E-state index in [4.69, 9.17) is 9.97 Å². The normalized spacial score (nSPS) is 17.7. The molecule has 1 saturated heterocycles. The topological polar surface area (TPSA) is 52.6 Å². The number of aromatic nitrogens is 2. The van der Waals surface area contributed by atoms with Crippen LogP contribution in [0.5, 0.6) is 0 Å². The van der Waals surface area contributed by atoms with E-state index < -0.39 is 6.67 Å². The molecule has 200 valence electrons. The van der Waals surface area contributed by atoms with E-state index in [1.807, 2.05) is 23.1 Å². The van der Waals surface area contributed by atoms with E-state index in [9.17, 15) is 9.18 Å². The number of alkyl halides is 1. The zero-order valence-electron chi connectivity index (χ0n) is 23.2. The minimum absolute atomic E-state index is 0.102. The maximum Gasteiger partial charge on any atom is 0.219 e. The molecule has 38 heavy (non-hydrogen) atoms. The molecule has 0 saturated carbocycles. The highest BCUT2D eigenvalue weighted by Crippen LogP contribution is 2.36. The molecule has 1 atom stereocenters. The van der Waals surface area contributed by atoms with Crippen LogP contribution in [-0.2, 0) is 24.4 Å². The third-order valence-electron chi connectivity index (χ3n) is 8.03. The maximum absolute atomic E-state index is 13.9. The number of carbonyl (C=O) groups excluding carboxylic acids is 1. The first-order valence-electron chi connectivity index (χ1n) is 13.7. The first-order chi connectivity index (χ1) is 18.3. The largest absolute Gasteiger partial charge is 0.366 e. The molecule has 2 aliphatic rings. The summed E-state index contributed by atoms with van der Waals surface area (Å²) in [4.78, 5) is 28.9. The predicted molar refractivity (Wildman–Crippen MR) is 151 cm³/mol. The van der Waals surface area contributed by atoms with Crippen LogP contribution in [-0.4, -0.2) is 53.0 Å². The molecule has 0 bridgehead atoms. The van der Waals surface area contributed by atoms with Crippen molar-refractivity contribution in [3.05, 3.63) is 70.4 Å². The summed E-state index contributed by atoms with van der Waals surface area (Å²) < 4.78 is 13.9. The van der Waals surface area contributed by atoms with Gasteiger partial charge in [-0.15, -0.1) is 0 Å². The van der Waals surface area contributed by atoms with Gasteiger partial charge in [-0.2, -0.15) is 0 Å². The molecule has 1 fully saturated rings. The number of aryl methyl sites for hydroxylation is 1. The smallest absolute Gasteiger partial charge is 0.219 e. The van der Waals surface area contributed by atoms with Crippen molar-refractivity contribution in [1.82, 2.24) is 14.9 Å². The highest BCUT2D eigenvalue weighted by Gasteiger charge is 2.32. The monoisotopic (exact) mass is 515 g/mol. The van der Waals surface area contributed by atoms with Gasteiger partial charge >= 0.3 is 0 Å². The second kappa shape index (κ2) is 10.7. The lowest BCUT2D eigenvalue weighted by molar-refractivity contribution is -0.129. The summed E-state index contributed by atoms with van der Waals surface area (Å²) in [5.74, 6) is 2.06. The van der Waals surface area contributed by atoms with Crippen LogP contribution in [0.3, 0.4) is 0 Å². The third-order valence-corrected chi connectivity index (χ3v) is 8.03. The average Bonchev–Trinajstić information content (AvgIpc) is 2.92. The summed E-state index contributed by atoms with van der Waals surface area (Å²) in [6.45, 7) is 13.5. The molecule has 0 radical (unpaired) electrons. The van der Waals surface area contributed by atoms with Crippen LogP contribution in [0, 0.1) is 6.92 Å². The summed E-state index contributed by atoms with van der Waals surface area (Å²) >= 11 is 0. The molecule has 7 heteroatoms. The Morgan fingerprint density at radius 2 is 1.89 bits per heavy atom. The quantitative estimate of drug-likeness (QED) is 0.439. The molecule has 5 rings (SSSR count). The van der Waals surface area contributed by atoms with Gasteiger partial charge in [-0.25, -0.2) is 14.4 Å². The molecule has 3 aromatic rings. The lowest BCUT2D eigenvalue weighted by atomic mass is 9.98. The van der Waals surface area contributed by atoms with Crippen molar-refractivity contribution >= 4 is 17.4 Å². The van der Waals surface area contributed by atoms with Crippen LogP contribution in [0.15, 0.2) is 42.5 Å². The Kier molecular flexibility index (Phi) is 7.37. The maximum atomic E-state index is 13.9. The van der Waals surface area contributed by atoms with Crippen LogP contribution in [0.4, 0.5) is 15.9 Å². The Morgan fingerprint density at radius 1 is 1.11 bits per heavy atom. The van der Waals surface area contributed by atoms with Crippen molar-refractivity contribution in [2.45, 2.75) is 66.2 Å². The molecular weight excluding hydrogens is 477 g/mol. The minimum Gasteiger partial charge on any atom is -0.366 e. The Balaban J connectivity index is 1.59. The molecular formula is C31H38FN5O. The van der Waals surface area contributed by atoms with Gasteiger partial charge in [-0.3, -0.25) is 4.79 Å². The minimum atomic E-state index is -0.557. The lowest BCUT2D eigenvalue weighted by Crippen LogP contribution is -2.54. The van der Waals surface area contributed by atoms with Gasteiger partial charge in [0.25, 0.3) is 0 Å². The van der Waals surface area contributed by atoms with Crippen LogP contribution in [0.25, 0.3) is 11.4 Å². The van der Waals surface area contributed by atoms with Gasteiger partial charge in [-0.05, 0) is 42.5 Å². The Hall–Kier alpha value is -3.48. The third kappa shape index (κ3) is 4.98. The number of hydrogen-bond donors (Lipinski definition) is 0. The van der Waals surface area contributed by atoms with Gasteiger partial charge in [0, 0.05) is 68.9 Å². The SMILES string of the molecule is CC(=O)N1CCN(c2nc(-c3ccccc3CF)nc3c2CN(c2cc(C(C)C)ccc2C)CC3)[C@H](C)C1. The summed E-state index contributed by atoms with van der Waals surface area (Å²) in [6, 6.07) is 14.4. The molecule has 2 aliphatic heterocycles. The highest BCUT2D eigenvalue weighted by molar-refractivity contribution is 5.74. The van der Waals surface area contributed by atoms with Crippen molar-refractivity contribution in [2.24, 2.45) is 0 Å². The highest BCUT2D eigenvalue weighted by atomic mass is 19.1. The number of piperazine rings is 1. The van der Waals surface area contributed by atoms with E-state index in [0.717, 1.165) is 42.1 Å². The second-order valence-electron chi connectivity index (χ2n) is 11.0. The summed E-state index contributed by atoms with van der Waals surface area (Å²) in [7, 11) is 0. The molecule has 3 heterocycles. The molecule has 0 spiro atoms. The number of anilines is 2. The van der Waals surface area contributed by atoms with Crippen molar-refractivity contribution < 1.29 is 9.18 Å². The summed E-state index contributed by atoms with van der Waals surface area (Å²) in [6.07, 6.45) is 0.794. The molecule has 0 unspecified atom stereocenters. The molecule has 1 aromatic heterocycles. The van der Waals surface area contributed by atoms with E-state index in [0.29, 0.717) is 36.9 Å². The van der Waals surface area contributed by atoms with Crippen molar-refractivity contribution in [3.8, 4) is 11.4 Å². The number of benzene rings is 2. The van der Waals surface area contributed by atoms with Gasteiger partial charge in [0.15, 0.2) is 5.82 Å². The van der Waals surface area contributed by atoms with Gasteiger partial charge in [-0.1, -0.05) is 50.2 Å². The fraction of sp³-hybridized carbons (Fsp3) is 0.452. The van der Waals surface area contributed by atoms with Gasteiger partial charge in [0.2, 0.25) is 5.91 Å². The molecule has 2 aromatic carbocycles. The van der Waals surface area contributed by atoms with Crippen molar-refractivity contribution in [3.63, 3.8) is 0 Å². The zero-order valence-corrected chi connectivity index (χ0v) is 23.2. The second-order valence-corrected chi connectivity index (χ2v) is 11.0.